The van der Waals surface area contributed by atoms with E-state index in [9.17, 15) is 5.11 Å². The molecule has 7 heteroatoms. The van der Waals surface area contributed by atoms with Gasteiger partial charge in [0.25, 0.3) is 0 Å². The Bertz CT molecular complexity index is 1270. The Balaban J connectivity index is 0.00000225. The molecule has 1 aromatic carbocycles. The fourth-order valence-electron chi connectivity index (χ4n) is 3.53. The molecule has 0 radical (unpaired) electrons. The van der Waals surface area contributed by atoms with E-state index in [0.29, 0.717) is 12.4 Å². The summed E-state index contributed by atoms with van der Waals surface area (Å²) in [6.07, 6.45) is 8.04. The average Bonchev–Trinajstić information content (AvgIpc) is 2.88. The zero-order chi connectivity index (χ0) is 27.6. The molecule has 0 saturated heterocycles. The molecule has 2 aromatic heterocycles. The molecular weight excluding hydrogens is 460 g/mol. The van der Waals surface area contributed by atoms with Crippen molar-refractivity contribution in [1.82, 2.24) is 19.9 Å². The van der Waals surface area contributed by atoms with Gasteiger partial charge in [-0.3, -0.25) is 4.98 Å². The highest BCUT2D eigenvalue weighted by Gasteiger charge is 2.29. The summed E-state index contributed by atoms with van der Waals surface area (Å²) in [7, 11) is 0. The van der Waals surface area contributed by atoms with Crippen LogP contribution in [0.3, 0.4) is 0 Å². The molecule has 3 rings (SSSR count). The maximum atomic E-state index is 9.89. The summed E-state index contributed by atoms with van der Waals surface area (Å²) in [5, 5.41) is 16.3. The first-order valence-corrected chi connectivity index (χ1v) is 12.5. The van der Waals surface area contributed by atoms with E-state index in [-0.39, 0.29) is 2.85 Å². The SMILES string of the molecule is C=C=C(Nc1cc(C)c(-c2cncc(C)n2)cc1C)C(C)(C)c1ccnc(NC(O)CC)n1.C=CCC.[HH].[HH]. The number of benzene rings is 1. The Morgan fingerprint density at radius 2 is 1.86 bits per heavy atom. The van der Waals surface area contributed by atoms with E-state index < -0.39 is 11.6 Å². The third-order valence-electron chi connectivity index (χ3n) is 5.93. The minimum absolute atomic E-state index is 0. The zero-order valence-electron chi connectivity index (χ0n) is 23.2. The van der Waals surface area contributed by atoms with Crippen LogP contribution in [-0.4, -0.2) is 31.3 Å². The van der Waals surface area contributed by atoms with Gasteiger partial charge in [0.15, 0.2) is 0 Å². The van der Waals surface area contributed by atoms with Crippen molar-refractivity contribution in [2.24, 2.45) is 0 Å². The van der Waals surface area contributed by atoms with Crippen LogP contribution in [-0.2, 0) is 5.41 Å². The van der Waals surface area contributed by atoms with Gasteiger partial charge in [0, 0.05) is 26.5 Å². The van der Waals surface area contributed by atoms with E-state index in [2.05, 4.69) is 96.2 Å². The van der Waals surface area contributed by atoms with Crippen LogP contribution < -0.4 is 10.6 Å². The number of hydrogen-bond donors (Lipinski definition) is 3. The summed E-state index contributed by atoms with van der Waals surface area (Å²) < 4.78 is 0. The van der Waals surface area contributed by atoms with Crippen molar-refractivity contribution in [2.75, 3.05) is 10.6 Å². The smallest absolute Gasteiger partial charge is 0.224 e. The van der Waals surface area contributed by atoms with Crippen LogP contribution in [0, 0.1) is 20.8 Å². The molecule has 0 fully saturated rings. The quantitative estimate of drug-likeness (QED) is 0.162. The second kappa shape index (κ2) is 13.5. The maximum absolute atomic E-state index is 9.89. The largest absolute Gasteiger partial charge is 0.374 e. The molecular formula is C30H44N6O. The van der Waals surface area contributed by atoms with Crippen LogP contribution >= 0.6 is 0 Å². The normalized spacial score (nSPS) is 11.5. The minimum Gasteiger partial charge on any atom is -0.374 e. The first-order valence-electron chi connectivity index (χ1n) is 12.5. The summed E-state index contributed by atoms with van der Waals surface area (Å²) >= 11 is 0. The van der Waals surface area contributed by atoms with E-state index in [0.717, 1.165) is 51.6 Å². The van der Waals surface area contributed by atoms with Crippen LogP contribution in [0.15, 0.2) is 67.5 Å². The van der Waals surface area contributed by atoms with Gasteiger partial charge in [-0.2, -0.15) is 0 Å². The van der Waals surface area contributed by atoms with Gasteiger partial charge in [-0.1, -0.05) is 26.5 Å². The third kappa shape index (κ3) is 7.84. The van der Waals surface area contributed by atoms with E-state index >= 15 is 0 Å². The second-order valence-electron chi connectivity index (χ2n) is 9.36. The Kier molecular flexibility index (Phi) is 10.7. The van der Waals surface area contributed by atoms with Crippen molar-refractivity contribution in [3.8, 4) is 11.3 Å². The van der Waals surface area contributed by atoms with Gasteiger partial charge >= 0.3 is 0 Å². The fourth-order valence-corrected chi connectivity index (χ4v) is 3.53. The number of aromatic nitrogens is 4. The third-order valence-corrected chi connectivity index (χ3v) is 5.93. The Morgan fingerprint density at radius 1 is 1.16 bits per heavy atom. The average molecular weight is 505 g/mol. The highest BCUT2D eigenvalue weighted by molar-refractivity contribution is 5.70. The Labute approximate surface area is 224 Å². The van der Waals surface area contributed by atoms with E-state index in [1.54, 1.807) is 18.6 Å². The van der Waals surface area contributed by atoms with E-state index in [1.165, 1.54) is 0 Å². The number of aliphatic hydroxyl groups excluding tert-OH is 1. The number of nitrogens with one attached hydrogen (secondary N) is 2. The molecule has 7 nitrogen and oxygen atoms in total. The lowest BCUT2D eigenvalue weighted by Crippen LogP contribution is -2.27. The molecule has 3 N–H and O–H groups in total. The molecule has 0 spiro atoms. The fraction of sp³-hybridized carbons (Fsp3) is 0.367. The van der Waals surface area contributed by atoms with Crippen molar-refractivity contribution in [2.45, 2.75) is 73.0 Å². The van der Waals surface area contributed by atoms with Gasteiger partial charge < -0.3 is 15.7 Å². The lowest BCUT2D eigenvalue weighted by atomic mass is 9.85. The summed E-state index contributed by atoms with van der Waals surface area (Å²) in [5.41, 5.74) is 10.0. The number of nitrogens with zero attached hydrogens (tertiary/aromatic N) is 4. The van der Waals surface area contributed by atoms with Gasteiger partial charge in [0.2, 0.25) is 5.95 Å². The monoisotopic (exact) mass is 504 g/mol. The molecule has 0 aliphatic heterocycles. The van der Waals surface area contributed by atoms with Crippen LogP contribution in [0.25, 0.3) is 11.3 Å². The molecule has 0 amide bonds. The highest BCUT2D eigenvalue weighted by Crippen LogP contribution is 2.34. The first kappa shape index (κ1) is 29.4. The lowest BCUT2D eigenvalue weighted by molar-refractivity contribution is 0.198. The van der Waals surface area contributed by atoms with Crippen molar-refractivity contribution in [3.63, 3.8) is 0 Å². The molecule has 0 aliphatic carbocycles. The molecule has 3 aromatic rings. The highest BCUT2D eigenvalue weighted by atomic mass is 16.3. The predicted octanol–water partition coefficient (Wildman–Crippen LogP) is 7.13. The Morgan fingerprint density at radius 3 is 2.46 bits per heavy atom. The van der Waals surface area contributed by atoms with E-state index in [1.807, 2.05) is 26.0 Å². The van der Waals surface area contributed by atoms with Crippen molar-refractivity contribution < 1.29 is 7.96 Å². The summed E-state index contributed by atoms with van der Waals surface area (Å²) in [6, 6.07) is 6.08. The van der Waals surface area contributed by atoms with Crippen LogP contribution in [0.2, 0.25) is 0 Å². The summed E-state index contributed by atoms with van der Waals surface area (Å²) in [5.74, 6) is 0.383. The van der Waals surface area contributed by atoms with Gasteiger partial charge in [-0.15, -0.1) is 12.3 Å². The van der Waals surface area contributed by atoms with Gasteiger partial charge in [0.05, 0.1) is 34.4 Å². The van der Waals surface area contributed by atoms with Crippen LogP contribution in [0.4, 0.5) is 11.6 Å². The first-order chi connectivity index (χ1) is 17.6. The number of allylic oxidation sites excluding steroid dienone is 2. The zero-order valence-corrected chi connectivity index (χ0v) is 23.2. The summed E-state index contributed by atoms with van der Waals surface area (Å²) in [6.45, 7) is 21.5. The molecule has 0 aliphatic rings. The van der Waals surface area contributed by atoms with Gasteiger partial charge in [-0.25, -0.2) is 15.0 Å². The van der Waals surface area contributed by atoms with Crippen molar-refractivity contribution >= 4 is 11.6 Å². The standard InChI is InChI=1S/C26H32N6O.C4H8.2H2/c1-8-22(26(6,7)23-10-11-28-25(31-23)32-24(33)9-2)30-20-13-16(3)19(12-17(20)4)21-15-27-14-18(5)29-21;1-3-4-2;;/h10-15,24,30,33H,1,9H2,2-7H3,(H,28,31,32);3H,1,4H2,2H3;2*1H. The van der Waals surface area contributed by atoms with Crippen LogP contribution in [0.1, 0.15) is 65.9 Å². The Hall–Kier alpha value is -3.80. The summed E-state index contributed by atoms with van der Waals surface area (Å²) in [4.78, 5) is 17.7. The number of aryl methyl sites for hydroxylation is 3. The topological polar surface area (TPSA) is 95.9 Å². The molecule has 1 unspecified atom stereocenters. The molecule has 2 heterocycles. The molecule has 0 saturated carbocycles. The minimum atomic E-state index is -0.696. The molecule has 0 bridgehead atoms. The maximum Gasteiger partial charge on any atom is 0.224 e. The van der Waals surface area contributed by atoms with Crippen LogP contribution in [0.5, 0.6) is 0 Å². The molecule has 1 atom stereocenters. The van der Waals surface area contributed by atoms with Crippen molar-refractivity contribution in [1.29, 1.82) is 0 Å². The number of anilines is 2. The molecule has 37 heavy (non-hydrogen) atoms. The van der Waals surface area contributed by atoms with Gasteiger partial charge in [0.1, 0.15) is 6.23 Å². The van der Waals surface area contributed by atoms with E-state index in [4.69, 9.17) is 0 Å². The second-order valence-corrected chi connectivity index (χ2v) is 9.36. The lowest BCUT2D eigenvalue weighted by Gasteiger charge is -2.28. The number of rotatable bonds is 9. The predicted molar refractivity (Wildman–Crippen MR) is 158 cm³/mol. The van der Waals surface area contributed by atoms with Gasteiger partial charge in [-0.05, 0) is 76.8 Å². The van der Waals surface area contributed by atoms with Crippen molar-refractivity contribution in [3.05, 3.63) is 90.0 Å². The number of hydrogen-bond acceptors (Lipinski definition) is 7. The number of aliphatic hydroxyl groups is 1. The molecule has 200 valence electrons.